The standard InChI is InChI=1S/C11H15ClN4O2S2/c1-7-9(5-13)11(15-14-7)20(17,18)16(2)6-8-3-4-10(12)19-8/h3-4H,5-6,13H2,1-2H3,(H,14,15). The predicted octanol–water partition coefficient (Wildman–Crippen LogP) is 1.71. The number of halogens is 1. The lowest BCUT2D eigenvalue weighted by Gasteiger charge is -2.15. The Kier molecular flexibility index (Phi) is 4.50. The maximum absolute atomic E-state index is 12.5. The lowest BCUT2D eigenvalue weighted by atomic mass is 10.3. The van der Waals surface area contributed by atoms with E-state index in [4.69, 9.17) is 17.3 Å². The molecular weight excluding hydrogens is 320 g/mol. The van der Waals surface area contributed by atoms with Gasteiger partial charge in [0.05, 0.1) is 4.34 Å². The Balaban J connectivity index is 2.29. The molecule has 2 rings (SSSR count). The molecule has 0 saturated heterocycles. The third-order valence-corrected chi connectivity index (χ3v) is 5.89. The molecule has 0 unspecified atom stereocenters. The fourth-order valence-corrected chi connectivity index (χ4v) is 4.31. The summed E-state index contributed by atoms with van der Waals surface area (Å²) >= 11 is 7.19. The molecule has 0 atom stereocenters. The van der Waals surface area contributed by atoms with Crippen LogP contribution in [0.15, 0.2) is 17.2 Å². The first-order valence-electron chi connectivity index (χ1n) is 5.80. The van der Waals surface area contributed by atoms with Gasteiger partial charge in [-0.1, -0.05) is 11.6 Å². The summed E-state index contributed by atoms with van der Waals surface area (Å²) in [5, 5.41) is 6.52. The summed E-state index contributed by atoms with van der Waals surface area (Å²) in [6.07, 6.45) is 0. The molecule has 0 saturated carbocycles. The zero-order valence-corrected chi connectivity index (χ0v) is 13.4. The Morgan fingerprint density at radius 3 is 2.75 bits per heavy atom. The number of H-pyrrole nitrogens is 1. The van der Waals surface area contributed by atoms with E-state index in [-0.39, 0.29) is 18.1 Å². The van der Waals surface area contributed by atoms with Crippen LogP contribution < -0.4 is 5.73 Å². The molecule has 0 aliphatic heterocycles. The first-order chi connectivity index (χ1) is 9.36. The highest BCUT2D eigenvalue weighted by Crippen LogP contribution is 2.25. The van der Waals surface area contributed by atoms with Crippen molar-refractivity contribution in [1.29, 1.82) is 0 Å². The summed E-state index contributed by atoms with van der Waals surface area (Å²) in [5.74, 6) is 0. The third kappa shape index (κ3) is 2.89. The maximum Gasteiger partial charge on any atom is 0.262 e. The lowest BCUT2D eigenvalue weighted by Crippen LogP contribution is -2.27. The van der Waals surface area contributed by atoms with E-state index in [9.17, 15) is 8.42 Å². The van der Waals surface area contributed by atoms with Gasteiger partial charge in [0.1, 0.15) is 0 Å². The van der Waals surface area contributed by atoms with Crippen molar-refractivity contribution in [2.75, 3.05) is 7.05 Å². The normalized spacial score (nSPS) is 12.2. The second kappa shape index (κ2) is 5.82. The van der Waals surface area contributed by atoms with Crippen LogP contribution in [0.25, 0.3) is 0 Å². The van der Waals surface area contributed by atoms with E-state index in [1.54, 1.807) is 19.1 Å². The van der Waals surface area contributed by atoms with Crippen LogP contribution in [0, 0.1) is 6.92 Å². The molecule has 0 aromatic carbocycles. The molecule has 9 heteroatoms. The first kappa shape index (κ1) is 15.5. The van der Waals surface area contributed by atoms with E-state index < -0.39 is 10.0 Å². The van der Waals surface area contributed by atoms with E-state index in [2.05, 4.69) is 10.2 Å². The molecule has 20 heavy (non-hydrogen) atoms. The number of rotatable bonds is 5. The summed E-state index contributed by atoms with van der Waals surface area (Å²) in [4.78, 5) is 0.864. The number of aromatic nitrogens is 2. The number of aromatic amines is 1. The van der Waals surface area contributed by atoms with Crippen LogP contribution in [0.1, 0.15) is 16.1 Å². The number of aryl methyl sites for hydroxylation is 1. The second-order valence-electron chi connectivity index (χ2n) is 4.30. The van der Waals surface area contributed by atoms with Gasteiger partial charge in [-0.25, -0.2) is 8.42 Å². The Bertz CT molecular complexity index is 708. The second-order valence-corrected chi connectivity index (χ2v) is 8.06. The van der Waals surface area contributed by atoms with Crippen molar-refractivity contribution < 1.29 is 8.42 Å². The molecule has 2 aromatic rings. The summed E-state index contributed by atoms with van der Waals surface area (Å²) in [7, 11) is -2.17. The van der Waals surface area contributed by atoms with Crippen LogP contribution in [-0.4, -0.2) is 30.0 Å². The number of sulfonamides is 1. The highest BCUT2D eigenvalue weighted by atomic mass is 35.5. The van der Waals surface area contributed by atoms with E-state index in [0.717, 1.165) is 4.88 Å². The van der Waals surface area contributed by atoms with Crippen molar-refractivity contribution in [2.45, 2.75) is 25.0 Å². The quantitative estimate of drug-likeness (QED) is 0.870. The van der Waals surface area contributed by atoms with Gasteiger partial charge in [-0.15, -0.1) is 11.3 Å². The molecule has 2 heterocycles. The van der Waals surface area contributed by atoms with E-state index >= 15 is 0 Å². The van der Waals surface area contributed by atoms with Gasteiger partial charge >= 0.3 is 0 Å². The number of thiophene rings is 1. The Labute approximate surface area is 126 Å². The van der Waals surface area contributed by atoms with Crippen molar-refractivity contribution in [2.24, 2.45) is 5.73 Å². The molecule has 0 amide bonds. The van der Waals surface area contributed by atoms with Crippen LogP contribution in [0.5, 0.6) is 0 Å². The van der Waals surface area contributed by atoms with Gasteiger partial charge in [0, 0.05) is 36.3 Å². The molecule has 0 spiro atoms. The molecular formula is C11H15ClN4O2S2. The van der Waals surface area contributed by atoms with Gasteiger partial charge in [0.15, 0.2) is 5.03 Å². The van der Waals surface area contributed by atoms with Gasteiger partial charge in [-0.3, -0.25) is 5.10 Å². The molecule has 0 aliphatic carbocycles. The van der Waals surface area contributed by atoms with Crippen molar-refractivity contribution in [3.8, 4) is 0 Å². The summed E-state index contributed by atoms with van der Waals surface area (Å²) in [5.41, 5.74) is 6.77. The minimum atomic E-state index is -3.68. The molecule has 3 N–H and O–H groups in total. The minimum Gasteiger partial charge on any atom is -0.326 e. The number of hydrogen-bond donors (Lipinski definition) is 2. The topological polar surface area (TPSA) is 92.1 Å². The largest absolute Gasteiger partial charge is 0.326 e. The highest BCUT2D eigenvalue weighted by molar-refractivity contribution is 7.89. The van der Waals surface area contributed by atoms with Gasteiger partial charge in [-0.2, -0.15) is 9.40 Å². The van der Waals surface area contributed by atoms with Gasteiger partial charge in [0.2, 0.25) is 0 Å². The first-order valence-corrected chi connectivity index (χ1v) is 8.44. The number of nitrogens with two attached hydrogens (primary N) is 1. The molecule has 0 bridgehead atoms. The zero-order valence-electron chi connectivity index (χ0n) is 11.1. The fourth-order valence-electron chi connectivity index (χ4n) is 1.77. The molecule has 6 nitrogen and oxygen atoms in total. The van der Waals surface area contributed by atoms with Crippen molar-refractivity contribution >= 4 is 33.0 Å². The zero-order chi connectivity index (χ0) is 14.9. The van der Waals surface area contributed by atoms with Crippen molar-refractivity contribution in [1.82, 2.24) is 14.5 Å². The van der Waals surface area contributed by atoms with Crippen LogP contribution in [0.3, 0.4) is 0 Å². The Morgan fingerprint density at radius 2 is 2.20 bits per heavy atom. The highest BCUT2D eigenvalue weighted by Gasteiger charge is 2.27. The SMILES string of the molecule is Cc1[nH]nc(S(=O)(=O)N(C)Cc2ccc(Cl)s2)c1CN. The molecule has 0 radical (unpaired) electrons. The average molecular weight is 335 g/mol. The molecule has 0 aliphatic rings. The summed E-state index contributed by atoms with van der Waals surface area (Å²) < 4.78 is 26.9. The monoisotopic (exact) mass is 334 g/mol. The lowest BCUT2D eigenvalue weighted by molar-refractivity contribution is 0.465. The molecule has 110 valence electrons. The predicted molar refractivity (Wildman–Crippen MR) is 79.2 cm³/mol. The molecule has 2 aromatic heterocycles. The van der Waals surface area contributed by atoms with Crippen molar-refractivity contribution in [3.63, 3.8) is 0 Å². The van der Waals surface area contributed by atoms with E-state index in [1.165, 1.54) is 22.7 Å². The Morgan fingerprint density at radius 1 is 1.50 bits per heavy atom. The summed E-state index contributed by atoms with van der Waals surface area (Å²) in [6.45, 7) is 2.11. The third-order valence-electron chi connectivity index (χ3n) is 2.90. The number of nitrogens with one attached hydrogen (secondary N) is 1. The minimum absolute atomic E-state index is 0.0114. The van der Waals surface area contributed by atoms with Crippen molar-refractivity contribution in [3.05, 3.63) is 32.6 Å². The number of nitrogens with zero attached hydrogens (tertiary/aromatic N) is 2. The smallest absolute Gasteiger partial charge is 0.262 e. The van der Waals surface area contributed by atoms with Crippen LogP contribution >= 0.6 is 22.9 Å². The van der Waals surface area contributed by atoms with E-state index in [0.29, 0.717) is 15.6 Å². The van der Waals surface area contributed by atoms with Gasteiger partial charge in [0.25, 0.3) is 10.0 Å². The van der Waals surface area contributed by atoms with E-state index in [1.807, 2.05) is 0 Å². The fraction of sp³-hybridized carbons (Fsp3) is 0.364. The van der Waals surface area contributed by atoms with Gasteiger partial charge < -0.3 is 5.73 Å². The summed E-state index contributed by atoms with van der Waals surface area (Å²) in [6, 6.07) is 3.55. The van der Waals surface area contributed by atoms with Gasteiger partial charge in [-0.05, 0) is 19.1 Å². The maximum atomic E-state index is 12.5. The van der Waals surface area contributed by atoms with Crippen LogP contribution in [-0.2, 0) is 23.1 Å². The average Bonchev–Trinajstić information content (AvgIpc) is 2.95. The molecule has 0 fully saturated rings. The number of hydrogen-bond acceptors (Lipinski definition) is 5. The Hall–Kier alpha value is -0.930. The van der Waals surface area contributed by atoms with Crippen LogP contribution in [0.4, 0.5) is 0 Å². The van der Waals surface area contributed by atoms with Crippen LogP contribution in [0.2, 0.25) is 4.34 Å².